The van der Waals surface area contributed by atoms with Crippen LogP contribution in [0.4, 0.5) is 0 Å². The molecular formula is C11H10ClNO2S. The van der Waals surface area contributed by atoms with E-state index in [1.54, 1.807) is 31.5 Å². The van der Waals surface area contributed by atoms with Crippen LogP contribution in [0.2, 0.25) is 5.02 Å². The lowest BCUT2D eigenvalue weighted by Gasteiger charge is -2.12. The van der Waals surface area contributed by atoms with E-state index >= 15 is 0 Å². The number of halogens is 1. The lowest BCUT2D eigenvalue weighted by Crippen LogP contribution is -2.01. The Morgan fingerprint density at radius 1 is 1.50 bits per heavy atom. The maximum Gasteiger partial charge on any atom is 0.134 e. The third-order valence-corrected chi connectivity index (χ3v) is 3.23. The van der Waals surface area contributed by atoms with Crippen LogP contribution in [0.1, 0.15) is 16.7 Å². The molecule has 84 valence electrons. The summed E-state index contributed by atoms with van der Waals surface area (Å²) >= 11 is 7.29. The Bertz CT molecular complexity index is 473. The predicted octanol–water partition coefficient (Wildman–Crippen LogP) is 2.89. The molecule has 0 radical (unpaired) electrons. The molecule has 0 aliphatic rings. The van der Waals surface area contributed by atoms with Gasteiger partial charge in [-0.25, -0.2) is 4.98 Å². The molecule has 0 aliphatic carbocycles. The van der Waals surface area contributed by atoms with Crippen molar-refractivity contribution in [1.29, 1.82) is 0 Å². The van der Waals surface area contributed by atoms with Crippen molar-refractivity contribution >= 4 is 22.9 Å². The lowest BCUT2D eigenvalue weighted by atomic mass is 10.1. The maximum atomic E-state index is 10.1. The molecule has 0 saturated heterocycles. The minimum Gasteiger partial charge on any atom is -0.496 e. The molecule has 16 heavy (non-hydrogen) atoms. The minimum atomic E-state index is -0.798. The van der Waals surface area contributed by atoms with Crippen molar-refractivity contribution in [2.45, 2.75) is 6.10 Å². The van der Waals surface area contributed by atoms with Crippen molar-refractivity contribution in [1.82, 2.24) is 4.98 Å². The van der Waals surface area contributed by atoms with Crippen molar-refractivity contribution in [2.24, 2.45) is 0 Å². The van der Waals surface area contributed by atoms with Gasteiger partial charge in [0.15, 0.2) is 0 Å². The maximum absolute atomic E-state index is 10.1. The van der Waals surface area contributed by atoms with Crippen molar-refractivity contribution < 1.29 is 9.84 Å². The smallest absolute Gasteiger partial charge is 0.134 e. The number of aliphatic hydroxyl groups excluding tert-OH is 1. The first-order valence-electron chi connectivity index (χ1n) is 4.63. The average Bonchev–Trinajstić information content (AvgIpc) is 2.81. The summed E-state index contributed by atoms with van der Waals surface area (Å²) in [5.74, 6) is 0.604. The minimum absolute atomic E-state index is 0.561. The number of ether oxygens (including phenoxy) is 1. The van der Waals surface area contributed by atoms with Gasteiger partial charge in [-0.3, -0.25) is 0 Å². The van der Waals surface area contributed by atoms with Crippen LogP contribution in [0.3, 0.4) is 0 Å². The summed E-state index contributed by atoms with van der Waals surface area (Å²) in [4.78, 5) is 4.07. The standard InChI is InChI=1S/C11H10ClNO2S/c1-15-9-3-2-7(12)6-8(9)10(14)11-13-4-5-16-11/h2-6,10,14H,1H3. The van der Waals surface area contributed by atoms with Crippen LogP contribution in [0.25, 0.3) is 0 Å². The summed E-state index contributed by atoms with van der Waals surface area (Å²) in [6.07, 6.45) is 0.855. The highest BCUT2D eigenvalue weighted by molar-refractivity contribution is 7.09. The number of thiazole rings is 1. The highest BCUT2D eigenvalue weighted by Gasteiger charge is 2.17. The Labute approximate surface area is 102 Å². The molecule has 0 bridgehead atoms. The van der Waals surface area contributed by atoms with Crippen LogP contribution in [0, 0.1) is 0 Å². The summed E-state index contributed by atoms with van der Waals surface area (Å²) in [6.45, 7) is 0. The van der Waals surface area contributed by atoms with Crippen molar-refractivity contribution in [3.63, 3.8) is 0 Å². The van der Waals surface area contributed by atoms with Gasteiger partial charge in [0, 0.05) is 22.2 Å². The molecule has 0 aliphatic heterocycles. The van der Waals surface area contributed by atoms with Gasteiger partial charge in [0.2, 0.25) is 0 Å². The van der Waals surface area contributed by atoms with Crippen LogP contribution in [-0.2, 0) is 0 Å². The first kappa shape index (κ1) is 11.4. The Balaban J connectivity index is 2.42. The topological polar surface area (TPSA) is 42.4 Å². The second kappa shape index (κ2) is 4.82. The van der Waals surface area contributed by atoms with Crippen LogP contribution < -0.4 is 4.74 Å². The Hall–Kier alpha value is -1.10. The SMILES string of the molecule is COc1ccc(Cl)cc1C(O)c1nccs1. The zero-order valence-corrected chi connectivity index (χ0v) is 10.1. The fourth-order valence-corrected chi connectivity index (χ4v) is 2.24. The van der Waals surface area contributed by atoms with Crippen molar-refractivity contribution in [2.75, 3.05) is 7.11 Å². The lowest BCUT2D eigenvalue weighted by molar-refractivity contribution is 0.214. The number of methoxy groups -OCH3 is 1. The first-order chi connectivity index (χ1) is 7.72. The summed E-state index contributed by atoms with van der Waals surface area (Å²) in [6, 6.07) is 5.14. The summed E-state index contributed by atoms with van der Waals surface area (Å²) in [5.41, 5.74) is 0.630. The molecular weight excluding hydrogens is 246 g/mol. The Morgan fingerprint density at radius 2 is 2.31 bits per heavy atom. The number of hydrogen-bond acceptors (Lipinski definition) is 4. The third-order valence-electron chi connectivity index (χ3n) is 2.17. The highest BCUT2D eigenvalue weighted by Crippen LogP contribution is 2.32. The second-order valence-corrected chi connectivity index (χ2v) is 4.52. The van der Waals surface area contributed by atoms with E-state index in [9.17, 15) is 5.11 Å². The molecule has 0 amide bonds. The zero-order chi connectivity index (χ0) is 11.5. The number of benzene rings is 1. The van der Waals surface area contributed by atoms with Gasteiger partial charge in [0.25, 0.3) is 0 Å². The number of rotatable bonds is 3. The molecule has 0 saturated carbocycles. The number of nitrogens with zero attached hydrogens (tertiary/aromatic N) is 1. The van der Waals surface area contributed by atoms with Gasteiger partial charge in [-0.15, -0.1) is 11.3 Å². The summed E-state index contributed by atoms with van der Waals surface area (Å²) in [7, 11) is 1.56. The Kier molecular flexibility index (Phi) is 3.43. The molecule has 1 heterocycles. The van der Waals surface area contributed by atoms with E-state index < -0.39 is 6.10 Å². The fraction of sp³-hybridized carbons (Fsp3) is 0.182. The number of aromatic nitrogens is 1. The van der Waals surface area contributed by atoms with Crippen molar-refractivity contribution in [3.8, 4) is 5.75 Å². The number of aliphatic hydroxyl groups is 1. The molecule has 2 rings (SSSR count). The van der Waals surface area contributed by atoms with Crippen LogP contribution in [-0.4, -0.2) is 17.2 Å². The zero-order valence-electron chi connectivity index (χ0n) is 8.55. The van der Waals surface area contributed by atoms with Crippen LogP contribution >= 0.6 is 22.9 Å². The normalized spacial score (nSPS) is 12.4. The van der Waals surface area contributed by atoms with Gasteiger partial charge in [-0.05, 0) is 18.2 Å². The van der Waals surface area contributed by atoms with E-state index in [1.165, 1.54) is 11.3 Å². The van der Waals surface area contributed by atoms with Crippen LogP contribution in [0.5, 0.6) is 5.75 Å². The van der Waals surface area contributed by atoms with Gasteiger partial charge in [-0.1, -0.05) is 11.6 Å². The van der Waals surface area contributed by atoms with E-state index in [0.29, 0.717) is 21.3 Å². The van der Waals surface area contributed by atoms with Gasteiger partial charge in [-0.2, -0.15) is 0 Å². The fourth-order valence-electron chi connectivity index (χ4n) is 1.42. The second-order valence-electron chi connectivity index (χ2n) is 3.16. The third kappa shape index (κ3) is 2.19. The van der Waals surface area contributed by atoms with Gasteiger partial charge < -0.3 is 9.84 Å². The van der Waals surface area contributed by atoms with Crippen molar-refractivity contribution in [3.05, 3.63) is 45.4 Å². The molecule has 2 aromatic rings. The monoisotopic (exact) mass is 255 g/mol. The highest BCUT2D eigenvalue weighted by atomic mass is 35.5. The summed E-state index contributed by atoms with van der Waals surface area (Å²) in [5, 5.41) is 13.1. The largest absolute Gasteiger partial charge is 0.496 e. The molecule has 1 aromatic carbocycles. The first-order valence-corrected chi connectivity index (χ1v) is 5.89. The van der Waals surface area contributed by atoms with E-state index in [-0.39, 0.29) is 0 Å². The molecule has 5 heteroatoms. The quantitative estimate of drug-likeness (QED) is 0.917. The predicted molar refractivity (Wildman–Crippen MR) is 64.2 cm³/mol. The van der Waals surface area contributed by atoms with E-state index in [0.717, 1.165) is 0 Å². The van der Waals surface area contributed by atoms with E-state index in [1.807, 2.05) is 5.38 Å². The van der Waals surface area contributed by atoms with Gasteiger partial charge >= 0.3 is 0 Å². The van der Waals surface area contributed by atoms with E-state index in [2.05, 4.69) is 4.98 Å². The van der Waals surface area contributed by atoms with Gasteiger partial charge in [0.05, 0.1) is 7.11 Å². The molecule has 1 N–H and O–H groups in total. The average molecular weight is 256 g/mol. The molecule has 3 nitrogen and oxygen atoms in total. The Morgan fingerprint density at radius 3 is 2.94 bits per heavy atom. The van der Waals surface area contributed by atoms with E-state index in [4.69, 9.17) is 16.3 Å². The van der Waals surface area contributed by atoms with Crippen LogP contribution in [0.15, 0.2) is 29.8 Å². The number of hydrogen-bond donors (Lipinski definition) is 1. The molecule has 1 unspecified atom stereocenters. The molecule has 0 fully saturated rings. The summed E-state index contributed by atoms with van der Waals surface area (Å²) < 4.78 is 5.18. The molecule has 1 aromatic heterocycles. The molecule has 0 spiro atoms. The molecule has 1 atom stereocenters. The van der Waals surface area contributed by atoms with Gasteiger partial charge in [0.1, 0.15) is 16.9 Å².